The number of rotatable bonds is 6. The minimum absolute atomic E-state index is 0.00136. The predicted octanol–water partition coefficient (Wildman–Crippen LogP) is 3.48. The third-order valence-electron chi connectivity index (χ3n) is 2.87. The van der Waals surface area contributed by atoms with Crippen molar-refractivity contribution in [1.82, 2.24) is 5.32 Å². The summed E-state index contributed by atoms with van der Waals surface area (Å²) in [6, 6.07) is 11.7. The lowest BCUT2D eigenvalue weighted by atomic mass is 10.3. The number of nitrogens with one attached hydrogen (secondary N) is 2. The molecule has 0 aliphatic heterocycles. The molecule has 6 nitrogen and oxygen atoms in total. The van der Waals surface area contributed by atoms with Gasteiger partial charge in [0, 0.05) is 5.69 Å². The van der Waals surface area contributed by atoms with Crippen molar-refractivity contribution in [2.24, 2.45) is 0 Å². The molecule has 0 aliphatic rings. The van der Waals surface area contributed by atoms with Crippen LogP contribution < -0.4 is 25.8 Å². The summed E-state index contributed by atoms with van der Waals surface area (Å²) in [6.45, 7) is 2.42. The van der Waals surface area contributed by atoms with Gasteiger partial charge in [0.1, 0.15) is 0 Å². The molecule has 7 heteroatoms. The number of anilines is 2. The van der Waals surface area contributed by atoms with Gasteiger partial charge in [0.2, 0.25) is 0 Å². The molecule has 122 valence electrons. The molecule has 0 bridgehead atoms. The first-order valence-corrected chi connectivity index (χ1v) is 7.42. The fourth-order valence-corrected chi connectivity index (χ4v) is 1.98. The molecule has 4 N–H and O–H groups in total. The Kier molecular flexibility index (Phi) is 5.94. The normalized spacial score (nSPS) is 10.0. The zero-order valence-corrected chi connectivity index (χ0v) is 13.4. The van der Waals surface area contributed by atoms with E-state index in [-0.39, 0.29) is 6.73 Å². The molecule has 0 unspecified atom stereocenters. The van der Waals surface area contributed by atoms with Gasteiger partial charge in [-0.1, -0.05) is 23.7 Å². The van der Waals surface area contributed by atoms with Crippen LogP contribution in [-0.2, 0) is 0 Å². The number of hydrogen-bond donors (Lipinski definition) is 3. The monoisotopic (exact) mass is 335 g/mol. The van der Waals surface area contributed by atoms with Crippen molar-refractivity contribution >= 4 is 29.0 Å². The first-order chi connectivity index (χ1) is 11.1. The van der Waals surface area contributed by atoms with Crippen LogP contribution in [0.5, 0.6) is 11.5 Å². The minimum atomic E-state index is -0.417. The number of ether oxygens (including phenoxy) is 2. The Hall–Kier alpha value is -2.60. The van der Waals surface area contributed by atoms with Gasteiger partial charge in [0.05, 0.1) is 17.3 Å². The zero-order chi connectivity index (χ0) is 16.7. The first kappa shape index (κ1) is 16.8. The van der Waals surface area contributed by atoms with Crippen molar-refractivity contribution in [1.29, 1.82) is 0 Å². The molecule has 0 spiro atoms. The molecule has 23 heavy (non-hydrogen) atoms. The molecule has 0 fully saturated rings. The minimum Gasteiger partial charge on any atom is -0.490 e. The van der Waals surface area contributed by atoms with E-state index in [2.05, 4.69) is 10.6 Å². The average molecular weight is 336 g/mol. The summed E-state index contributed by atoms with van der Waals surface area (Å²) >= 11 is 5.89. The summed E-state index contributed by atoms with van der Waals surface area (Å²) in [7, 11) is 0. The Balaban J connectivity index is 1.84. The van der Waals surface area contributed by atoms with E-state index in [1.807, 2.05) is 19.1 Å². The fourth-order valence-electron chi connectivity index (χ4n) is 1.80. The average Bonchev–Trinajstić information content (AvgIpc) is 2.53. The van der Waals surface area contributed by atoms with Crippen LogP contribution in [0.3, 0.4) is 0 Å². The Morgan fingerprint density at radius 2 is 1.87 bits per heavy atom. The van der Waals surface area contributed by atoms with Crippen molar-refractivity contribution in [3.05, 3.63) is 47.5 Å². The van der Waals surface area contributed by atoms with Gasteiger partial charge in [-0.05, 0) is 37.3 Å². The third-order valence-corrected chi connectivity index (χ3v) is 3.20. The highest BCUT2D eigenvalue weighted by Crippen LogP contribution is 2.26. The van der Waals surface area contributed by atoms with Gasteiger partial charge in [-0.15, -0.1) is 0 Å². The lowest BCUT2D eigenvalue weighted by molar-refractivity contribution is 0.229. The maximum absolute atomic E-state index is 11.8. The highest BCUT2D eigenvalue weighted by Gasteiger charge is 2.06. The number of carbonyl (C=O) groups excluding carboxylic acids is 1. The lowest BCUT2D eigenvalue weighted by Crippen LogP contribution is -2.32. The van der Waals surface area contributed by atoms with Gasteiger partial charge in [-0.3, -0.25) is 0 Å². The second-order valence-electron chi connectivity index (χ2n) is 4.54. The summed E-state index contributed by atoms with van der Waals surface area (Å²) in [5.41, 5.74) is 6.60. The number of carbonyl (C=O) groups is 1. The second-order valence-corrected chi connectivity index (χ2v) is 4.94. The molecule has 0 heterocycles. The van der Waals surface area contributed by atoms with E-state index >= 15 is 0 Å². The van der Waals surface area contributed by atoms with Crippen LogP contribution in [-0.4, -0.2) is 19.4 Å². The van der Waals surface area contributed by atoms with E-state index in [4.69, 9.17) is 26.8 Å². The largest absolute Gasteiger partial charge is 0.490 e. The standard InChI is InChI=1S/C16H18ClN3O3/c1-2-22-14-5-3-4-6-15(14)23-10-19-16(21)20-11-7-8-13(18)12(17)9-11/h3-9H,2,10,18H2,1H3,(H2,19,20,21). The van der Waals surface area contributed by atoms with Crippen molar-refractivity contribution in [2.45, 2.75) is 6.92 Å². The van der Waals surface area contributed by atoms with E-state index < -0.39 is 6.03 Å². The van der Waals surface area contributed by atoms with Gasteiger partial charge in [0.15, 0.2) is 18.2 Å². The Labute approximate surface area is 139 Å². The maximum Gasteiger partial charge on any atom is 0.321 e. The summed E-state index contributed by atoms with van der Waals surface area (Å²) in [6.07, 6.45) is 0. The molecule has 0 radical (unpaired) electrons. The van der Waals surface area contributed by atoms with Gasteiger partial charge >= 0.3 is 6.03 Å². The number of hydrogen-bond acceptors (Lipinski definition) is 4. The predicted molar refractivity (Wildman–Crippen MR) is 91.1 cm³/mol. The van der Waals surface area contributed by atoms with Crippen molar-refractivity contribution < 1.29 is 14.3 Å². The van der Waals surface area contributed by atoms with Crippen molar-refractivity contribution in [3.63, 3.8) is 0 Å². The number of urea groups is 1. The van der Waals surface area contributed by atoms with Gasteiger partial charge < -0.3 is 25.8 Å². The van der Waals surface area contributed by atoms with Crippen LogP contribution in [0.25, 0.3) is 0 Å². The molecule has 0 saturated carbocycles. The molecular formula is C16H18ClN3O3. The molecule has 0 aromatic heterocycles. The van der Waals surface area contributed by atoms with Crippen molar-refractivity contribution in [2.75, 3.05) is 24.4 Å². The van der Waals surface area contributed by atoms with Crippen molar-refractivity contribution in [3.8, 4) is 11.5 Å². The quantitative estimate of drug-likeness (QED) is 0.557. The number of nitrogen functional groups attached to an aromatic ring is 1. The molecule has 0 aliphatic carbocycles. The Morgan fingerprint density at radius 3 is 2.52 bits per heavy atom. The maximum atomic E-state index is 11.8. The summed E-state index contributed by atoms with van der Waals surface area (Å²) in [5.74, 6) is 1.19. The van der Waals surface area contributed by atoms with E-state index in [0.29, 0.717) is 34.5 Å². The highest BCUT2D eigenvalue weighted by molar-refractivity contribution is 6.33. The topological polar surface area (TPSA) is 85.6 Å². The number of amides is 2. The molecule has 2 aromatic carbocycles. The number of para-hydroxylation sites is 2. The van der Waals surface area contributed by atoms with E-state index in [1.54, 1.807) is 30.3 Å². The molecule has 2 rings (SSSR count). The number of halogens is 1. The molecule has 0 atom stereocenters. The Bertz CT molecular complexity index is 679. The fraction of sp³-hybridized carbons (Fsp3) is 0.188. The van der Waals surface area contributed by atoms with Crippen LogP contribution in [0, 0.1) is 0 Å². The first-order valence-electron chi connectivity index (χ1n) is 7.04. The number of benzene rings is 2. The zero-order valence-electron chi connectivity index (χ0n) is 12.6. The second kappa shape index (κ2) is 8.14. The van der Waals surface area contributed by atoms with Crippen LogP contribution in [0.2, 0.25) is 5.02 Å². The SMILES string of the molecule is CCOc1ccccc1OCNC(=O)Nc1ccc(N)c(Cl)c1. The summed E-state index contributed by atoms with van der Waals surface area (Å²) in [4.78, 5) is 11.8. The van der Waals surface area contributed by atoms with E-state index in [9.17, 15) is 4.79 Å². The van der Waals surface area contributed by atoms with Crippen LogP contribution in [0.15, 0.2) is 42.5 Å². The van der Waals surface area contributed by atoms with Gasteiger partial charge in [-0.2, -0.15) is 0 Å². The third kappa shape index (κ3) is 4.96. The van der Waals surface area contributed by atoms with Gasteiger partial charge in [0.25, 0.3) is 0 Å². The van der Waals surface area contributed by atoms with Gasteiger partial charge in [-0.25, -0.2) is 4.79 Å². The Morgan fingerprint density at radius 1 is 1.17 bits per heavy atom. The molecular weight excluding hydrogens is 318 g/mol. The van der Waals surface area contributed by atoms with Crippen LogP contribution >= 0.6 is 11.6 Å². The molecule has 0 saturated heterocycles. The summed E-state index contributed by atoms with van der Waals surface area (Å²) in [5, 5.41) is 5.59. The van der Waals surface area contributed by atoms with E-state index in [0.717, 1.165) is 0 Å². The van der Waals surface area contributed by atoms with Crippen LogP contribution in [0.4, 0.5) is 16.2 Å². The summed E-state index contributed by atoms with van der Waals surface area (Å²) < 4.78 is 10.9. The molecule has 2 aromatic rings. The lowest BCUT2D eigenvalue weighted by Gasteiger charge is -2.13. The smallest absolute Gasteiger partial charge is 0.321 e. The van der Waals surface area contributed by atoms with E-state index in [1.165, 1.54) is 0 Å². The number of nitrogens with two attached hydrogens (primary N) is 1. The highest BCUT2D eigenvalue weighted by atomic mass is 35.5. The van der Waals surface area contributed by atoms with Crippen LogP contribution in [0.1, 0.15) is 6.92 Å². The molecule has 2 amide bonds.